The van der Waals surface area contributed by atoms with Crippen molar-refractivity contribution in [3.05, 3.63) is 16.6 Å². The van der Waals surface area contributed by atoms with E-state index in [4.69, 9.17) is 0 Å². The highest BCUT2D eigenvalue weighted by atomic mass is 32.1. The molecule has 2 atom stereocenters. The maximum absolute atomic E-state index is 4.32. The highest BCUT2D eigenvalue weighted by molar-refractivity contribution is 7.09. The average Bonchev–Trinajstić information content (AvgIpc) is 2.75. The van der Waals surface area contributed by atoms with Gasteiger partial charge in [-0.25, -0.2) is 4.98 Å². The lowest BCUT2D eigenvalue weighted by atomic mass is 9.95. The molecule has 96 valence electrons. The van der Waals surface area contributed by atoms with Crippen LogP contribution in [0, 0.1) is 5.92 Å². The number of thiazole rings is 1. The molecule has 1 heterocycles. The van der Waals surface area contributed by atoms with Crippen LogP contribution in [0.15, 0.2) is 11.6 Å². The zero-order valence-corrected chi connectivity index (χ0v) is 11.6. The highest BCUT2D eigenvalue weighted by Crippen LogP contribution is 2.26. The van der Waals surface area contributed by atoms with Crippen LogP contribution in [0.3, 0.4) is 0 Å². The van der Waals surface area contributed by atoms with Gasteiger partial charge in [-0.15, -0.1) is 11.3 Å². The molecule has 0 radical (unpaired) electrons. The summed E-state index contributed by atoms with van der Waals surface area (Å²) >= 11 is 1.75. The van der Waals surface area contributed by atoms with Crippen LogP contribution < -0.4 is 5.32 Å². The van der Waals surface area contributed by atoms with E-state index in [0.717, 1.165) is 18.5 Å². The van der Waals surface area contributed by atoms with Crippen LogP contribution in [0.4, 0.5) is 0 Å². The van der Waals surface area contributed by atoms with Crippen LogP contribution in [0.2, 0.25) is 0 Å². The zero-order valence-electron chi connectivity index (χ0n) is 10.8. The van der Waals surface area contributed by atoms with Gasteiger partial charge in [0.05, 0.1) is 0 Å². The lowest BCUT2D eigenvalue weighted by Crippen LogP contribution is -2.27. The van der Waals surface area contributed by atoms with E-state index in [2.05, 4.69) is 22.6 Å². The molecule has 1 aromatic rings. The molecular formula is C14H24N2S. The Morgan fingerprint density at radius 3 is 3.06 bits per heavy atom. The van der Waals surface area contributed by atoms with Crippen molar-refractivity contribution in [3.63, 3.8) is 0 Å². The summed E-state index contributed by atoms with van der Waals surface area (Å²) in [5, 5.41) is 6.95. The van der Waals surface area contributed by atoms with Crippen LogP contribution in [0.1, 0.15) is 56.9 Å². The van der Waals surface area contributed by atoms with Gasteiger partial charge < -0.3 is 5.32 Å². The lowest BCUT2D eigenvalue weighted by molar-refractivity contribution is 0.409. The third-order valence-electron chi connectivity index (χ3n) is 3.81. The molecule has 1 saturated carbocycles. The van der Waals surface area contributed by atoms with E-state index in [1.807, 2.05) is 6.20 Å². The Kier molecular flexibility index (Phi) is 5.46. The molecule has 0 spiro atoms. The van der Waals surface area contributed by atoms with Crippen LogP contribution in [-0.4, -0.2) is 11.0 Å². The van der Waals surface area contributed by atoms with Crippen molar-refractivity contribution in [2.24, 2.45) is 5.92 Å². The maximum Gasteiger partial charge on any atom is 0.106 e. The summed E-state index contributed by atoms with van der Waals surface area (Å²) in [5.74, 6) is 0.992. The Morgan fingerprint density at radius 2 is 2.29 bits per heavy atom. The fourth-order valence-corrected chi connectivity index (χ4v) is 3.42. The van der Waals surface area contributed by atoms with Crippen molar-refractivity contribution in [2.75, 3.05) is 0 Å². The van der Waals surface area contributed by atoms with Crippen LogP contribution >= 0.6 is 11.3 Å². The van der Waals surface area contributed by atoms with E-state index in [1.165, 1.54) is 50.0 Å². The van der Waals surface area contributed by atoms with Crippen LogP contribution in [0.5, 0.6) is 0 Å². The fraction of sp³-hybridized carbons (Fsp3) is 0.786. The molecule has 0 saturated heterocycles. The largest absolute Gasteiger partial charge is 0.308 e. The summed E-state index contributed by atoms with van der Waals surface area (Å²) in [6.45, 7) is 3.27. The second-order valence-electron chi connectivity index (χ2n) is 5.17. The van der Waals surface area contributed by atoms with Crippen molar-refractivity contribution in [1.29, 1.82) is 0 Å². The van der Waals surface area contributed by atoms with Gasteiger partial charge in [-0.3, -0.25) is 0 Å². The summed E-state index contributed by atoms with van der Waals surface area (Å²) in [7, 11) is 0. The maximum atomic E-state index is 4.32. The van der Waals surface area contributed by atoms with E-state index >= 15 is 0 Å². The summed E-state index contributed by atoms with van der Waals surface area (Å²) in [5.41, 5.74) is 0. The van der Waals surface area contributed by atoms with Gasteiger partial charge in [0.15, 0.2) is 0 Å². The first kappa shape index (κ1) is 13.0. The van der Waals surface area contributed by atoms with Gasteiger partial charge >= 0.3 is 0 Å². The molecule has 17 heavy (non-hydrogen) atoms. The van der Waals surface area contributed by atoms with Crippen molar-refractivity contribution < 1.29 is 0 Å². The summed E-state index contributed by atoms with van der Waals surface area (Å²) in [6, 6.07) is 0.723. The molecule has 0 aliphatic heterocycles. The average molecular weight is 252 g/mol. The number of nitrogens with zero attached hydrogens (tertiary/aromatic N) is 1. The van der Waals surface area contributed by atoms with Crippen molar-refractivity contribution >= 4 is 11.3 Å². The minimum absolute atomic E-state index is 0.723. The van der Waals surface area contributed by atoms with Crippen molar-refractivity contribution in [1.82, 2.24) is 10.3 Å². The molecule has 0 aromatic carbocycles. The van der Waals surface area contributed by atoms with Gasteiger partial charge in [-0.05, 0) is 25.2 Å². The van der Waals surface area contributed by atoms with E-state index in [-0.39, 0.29) is 0 Å². The number of hydrogen-bond acceptors (Lipinski definition) is 3. The van der Waals surface area contributed by atoms with Gasteiger partial charge in [0.1, 0.15) is 5.01 Å². The Labute approximate surface area is 109 Å². The summed E-state index contributed by atoms with van der Waals surface area (Å²) < 4.78 is 0. The van der Waals surface area contributed by atoms with Gasteiger partial charge in [0.2, 0.25) is 0 Å². The predicted octanol–water partition coefficient (Wildman–Crippen LogP) is 3.98. The molecule has 1 aromatic heterocycles. The SMILES string of the molecule is CCCC1CCCC(NCc2nccs2)CC1. The lowest BCUT2D eigenvalue weighted by Gasteiger charge is -2.16. The molecule has 1 fully saturated rings. The zero-order chi connectivity index (χ0) is 11.9. The third kappa shape index (κ3) is 4.40. The smallest absolute Gasteiger partial charge is 0.106 e. The normalized spacial score (nSPS) is 25.7. The van der Waals surface area contributed by atoms with E-state index in [1.54, 1.807) is 11.3 Å². The number of hydrogen-bond donors (Lipinski definition) is 1. The topological polar surface area (TPSA) is 24.9 Å². The number of rotatable bonds is 5. The first-order valence-corrected chi connectivity index (χ1v) is 7.88. The quantitative estimate of drug-likeness (QED) is 0.802. The number of nitrogens with one attached hydrogen (secondary N) is 1. The first-order chi connectivity index (χ1) is 8.38. The standard InChI is InChI=1S/C14H24N2S/c1-2-4-12-5-3-6-13(8-7-12)16-11-14-15-9-10-17-14/h9-10,12-13,16H,2-8,11H2,1H3. The predicted molar refractivity (Wildman–Crippen MR) is 74.2 cm³/mol. The van der Waals surface area contributed by atoms with Crippen molar-refractivity contribution in [2.45, 2.75) is 64.5 Å². The van der Waals surface area contributed by atoms with Crippen LogP contribution in [-0.2, 0) is 6.54 Å². The van der Waals surface area contributed by atoms with E-state index < -0.39 is 0 Å². The highest BCUT2D eigenvalue weighted by Gasteiger charge is 2.17. The molecule has 0 amide bonds. The minimum Gasteiger partial charge on any atom is -0.308 e. The molecule has 1 aliphatic carbocycles. The van der Waals surface area contributed by atoms with Gasteiger partial charge in [0, 0.05) is 24.2 Å². The van der Waals surface area contributed by atoms with Gasteiger partial charge in [-0.1, -0.05) is 32.6 Å². The third-order valence-corrected chi connectivity index (χ3v) is 4.59. The van der Waals surface area contributed by atoms with E-state index in [9.17, 15) is 0 Å². The molecule has 1 aliphatic rings. The Balaban J connectivity index is 1.71. The van der Waals surface area contributed by atoms with Crippen LogP contribution in [0.25, 0.3) is 0 Å². The fourth-order valence-electron chi connectivity index (χ4n) is 2.85. The van der Waals surface area contributed by atoms with Gasteiger partial charge in [-0.2, -0.15) is 0 Å². The molecular weight excluding hydrogens is 228 g/mol. The summed E-state index contributed by atoms with van der Waals surface area (Å²) in [6.07, 6.45) is 11.7. The number of aromatic nitrogens is 1. The van der Waals surface area contributed by atoms with E-state index in [0.29, 0.717) is 0 Å². The molecule has 0 bridgehead atoms. The molecule has 2 nitrogen and oxygen atoms in total. The molecule has 1 N–H and O–H groups in total. The Hall–Kier alpha value is -0.410. The second kappa shape index (κ2) is 7.12. The molecule has 2 unspecified atom stereocenters. The monoisotopic (exact) mass is 252 g/mol. The van der Waals surface area contributed by atoms with Gasteiger partial charge in [0.25, 0.3) is 0 Å². The minimum atomic E-state index is 0.723. The van der Waals surface area contributed by atoms with Crippen molar-refractivity contribution in [3.8, 4) is 0 Å². The molecule has 3 heteroatoms. The first-order valence-electron chi connectivity index (χ1n) is 7.00. The Bertz CT molecular complexity index is 297. The second-order valence-corrected chi connectivity index (χ2v) is 6.15. The molecule has 2 rings (SSSR count). The Morgan fingerprint density at radius 1 is 1.35 bits per heavy atom. The summed E-state index contributed by atoms with van der Waals surface area (Å²) in [4.78, 5) is 4.32.